The summed E-state index contributed by atoms with van der Waals surface area (Å²) < 4.78 is 5.36. The van der Waals surface area contributed by atoms with Gasteiger partial charge in [-0.25, -0.2) is 9.79 Å². The lowest BCUT2D eigenvalue weighted by Crippen LogP contribution is -2.46. The highest BCUT2D eigenvalue weighted by molar-refractivity contribution is 8.14. The molecule has 9 heteroatoms. The number of carbonyl (C=O) groups excluding carboxylic acids is 2. The van der Waals surface area contributed by atoms with Crippen LogP contribution in [-0.4, -0.2) is 38.7 Å². The van der Waals surface area contributed by atoms with Gasteiger partial charge in [0.1, 0.15) is 0 Å². The van der Waals surface area contributed by atoms with Gasteiger partial charge in [0.2, 0.25) is 5.91 Å². The normalized spacial score (nSPS) is 19.7. The van der Waals surface area contributed by atoms with E-state index in [1.54, 1.807) is 32.9 Å². The van der Waals surface area contributed by atoms with Gasteiger partial charge in [-0.15, -0.1) is 0 Å². The van der Waals surface area contributed by atoms with E-state index in [4.69, 9.17) is 4.74 Å². The summed E-state index contributed by atoms with van der Waals surface area (Å²) >= 11 is 1.43. The van der Waals surface area contributed by atoms with Gasteiger partial charge in [0.15, 0.2) is 5.17 Å². The Labute approximate surface area is 160 Å². The fourth-order valence-corrected chi connectivity index (χ4v) is 4.07. The SMILES string of the molecule is CC1=C(C(=O)OC(C)C)[C@@H](c2cccc([N+](=O)[O-])c2)N2C(=O)CCSC2=N1. The Morgan fingerprint density at radius 1 is 1.44 bits per heavy atom. The molecule has 142 valence electrons. The number of amides is 1. The number of thioether (sulfide) groups is 1. The molecule has 0 bridgehead atoms. The van der Waals surface area contributed by atoms with Crippen LogP contribution in [0.2, 0.25) is 0 Å². The summed E-state index contributed by atoms with van der Waals surface area (Å²) in [6, 6.07) is 5.17. The van der Waals surface area contributed by atoms with Crippen molar-refractivity contribution < 1.29 is 19.2 Å². The van der Waals surface area contributed by atoms with Crippen molar-refractivity contribution in [2.75, 3.05) is 5.75 Å². The molecule has 2 aliphatic rings. The Balaban J connectivity index is 2.16. The highest BCUT2D eigenvalue weighted by atomic mass is 32.2. The standard InChI is InChI=1S/C18H19N3O5S/c1-10(2)26-17(23)15-11(3)19-18-20(14(22)7-8-27-18)16(15)12-5-4-6-13(9-12)21(24)25/h4-6,9-10,16H,7-8H2,1-3H3/t16-/m1/s1. The molecule has 0 saturated carbocycles. The van der Waals surface area contributed by atoms with Gasteiger partial charge in [-0.1, -0.05) is 23.9 Å². The summed E-state index contributed by atoms with van der Waals surface area (Å²) in [5.41, 5.74) is 1.04. The Morgan fingerprint density at radius 2 is 2.19 bits per heavy atom. The fourth-order valence-electron chi connectivity index (χ4n) is 3.06. The quantitative estimate of drug-likeness (QED) is 0.445. The molecule has 8 nitrogen and oxygen atoms in total. The molecule has 1 aromatic carbocycles. The Morgan fingerprint density at radius 3 is 2.85 bits per heavy atom. The second-order valence-corrected chi connectivity index (χ2v) is 7.53. The van der Waals surface area contributed by atoms with Crippen molar-refractivity contribution in [3.8, 4) is 0 Å². The topological polar surface area (TPSA) is 102 Å². The van der Waals surface area contributed by atoms with Crippen LogP contribution in [0.25, 0.3) is 0 Å². The predicted octanol–water partition coefficient (Wildman–Crippen LogP) is 3.20. The lowest BCUT2D eigenvalue weighted by molar-refractivity contribution is -0.384. The fraction of sp³-hybridized carbons (Fsp3) is 0.389. The lowest BCUT2D eigenvalue weighted by atomic mass is 9.94. The van der Waals surface area contributed by atoms with Crippen LogP contribution in [0.1, 0.15) is 38.8 Å². The summed E-state index contributed by atoms with van der Waals surface area (Å²) in [5, 5.41) is 11.7. The van der Waals surface area contributed by atoms with Crippen LogP contribution < -0.4 is 0 Å². The van der Waals surface area contributed by atoms with Crippen molar-refractivity contribution >= 4 is 34.5 Å². The lowest BCUT2D eigenvalue weighted by Gasteiger charge is -2.38. The van der Waals surface area contributed by atoms with E-state index in [9.17, 15) is 19.7 Å². The number of ether oxygens (including phenoxy) is 1. The second kappa shape index (κ2) is 7.51. The number of nitrogens with zero attached hydrogens (tertiary/aromatic N) is 3. The number of benzene rings is 1. The van der Waals surface area contributed by atoms with Crippen molar-refractivity contribution in [3.05, 3.63) is 51.2 Å². The maximum absolute atomic E-state index is 12.8. The average molecular weight is 389 g/mol. The van der Waals surface area contributed by atoms with Crippen molar-refractivity contribution in [2.24, 2.45) is 4.99 Å². The number of hydrogen-bond donors (Lipinski definition) is 0. The molecule has 27 heavy (non-hydrogen) atoms. The molecule has 1 atom stereocenters. The van der Waals surface area contributed by atoms with E-state index in [2.05, 4.69) is 4.99 Å². The number of allylic oxidation sites excluding steroid dienone is 1. The number of carbonyl (C=O) groups is 2. The molecule has 2 heterocycles. The molecule has 0 aliphatic carbocycles. The maximum atomic E-state index is 12.8. The number of rotatable bonds is 4. The maximum Gasteiger partial charge on any atom is 0.338 e. The van der Waals surface area contributed by atoms with Crippen LogP contribution in [-0.2, 0) is 14.3 Å². The van der Waals surface area contributed by atoms with Crippen molar-refractivity contribution in [2.45, 2.75) is 39.3 Å². The molecule has 1 saturated heterocycles. The highest BCUT2D eigenvalue weighted by Gasteiger charge is 2.42. The van der Waals surface area contributed by atoms with Crippen molar-refractivity contribution in [3.63, 3.8) is 0 Å². The average Bonchev–Trinajstić information content (AvgIpc) is 2.60. The zero-order valence-electron chi connectivity index (χ0n) is 15.2. The summed E-state index contributed by atoms with van der Waals surface area (Å²) in [7, 11) is 0. The molecule has 1 aromatic rings. The summed E-state index contributed by atoms with van der Waals surface area (Å²) in [6.45, 7) is 5.15. The van der Waals surface area contributed by atoms with E-state index in [0.717, 1.165) is 0 Å². The second-order valence-electron chi connectivity index (χ2n) is 6.46. The number of esters is 1. The van der Waals surface area contributed by atoms with Crippen molar-refractivity contribution in [1.82, 2.24) is 4.90 Å². The van der Waals surface area contributed by atoms with Gasteiger partial charge >= 0.3 is 5.97 Å². The zero-order valence-corrected chi connectivity index (χ0v) is 16.0. The number of hydrogen-bond acceptors (Lipinski definition) is 7. The minimum Gasteiger partial charge on any atom is -0.459 e. The van der Waals surface area contributed by atoms with Gasteiger partial charge < -0.3 is 4.74 Å². The monoisotopic (exact) mass is 389 g/mol. The number of nitro benzene ring substituents is 1. The van der Waals surface area contributed by atoms with Crippen LogP contribution in [0.5, 0.6) is 0 Å². The summed E-state index contributed by atoms with van der Waals surface area (Å²) in [4.78, 5) is 42.0. The minimum absolute atomic E-state index is 0.108. The van der Waals surface area contributed by atoms with Crippen molar-refractivity contribution in [1.29, 1.82) is 0 Å². The van der Waals surface area contributed by atoms with Crippen LogP contribution in [0, 0.1) is 10.1 Å². The highest BCUT2D eigenvalue weighted by Crippen LogP contribution is 2.41. The third kappa shape index (κ3) is 3.73. The third-order valence-electron chi connectivity index (χ3n) is 4.17. The van der Waals surface area contributed by atoms with Gasteiger partial charge in [-0.3, -0.25) is 19.8 Å². The van der Waals surface area contributed by atoms with Crippen LogP contribution in [0.3, 0.4) is 0 Å². The Kier molecular flexibility index (Phi) is 5.31. The van der Waals surface area contributed by atoms with E-state index < -0.39 is 16.9 Å². The first kappa shape index (κ1) is 19.1. The molecule has 0 unspecified atom stereocenters. The van der Waals surface area contributed by atoms with Gasteiger partial charge in [-0.05, 0) is 26.3 Å². The molecular weight excluding hydrogens is 370 g/mol. The third-order valence-corrected chi connectivity index (χ3v) is 5.12. The van der Waals surface area contributed by atoms with Crippen LogP contribution in [0.15, 0.2) is 40.5 Å². The van der Waals surface area contributed by atoms with Crippen LogP contribution in [0.4, 0.5) is 5.69 Å². The summed E-state index contributed by atoms with van der Waals surface area (Å²) in [6.07, 6.45) is -0.0407. The van der Waals surface area contributed by atoms with Gasteiger partial charge in [0.25, 0.3) is 5.69 Å². The largest absolute Gasteiger partial charge is 0.459 e. The Hall–Kier alpha value is -2.68. The summed E-state index contributed by atoms with van der Waals surface area (Å²) in [5.74, 6) is -0.147. The molecule has 1 amide bonds. The minimum atomic E-state index is -0.802. The smallest absolute Gasteiger partial charge is 0.338 e. The number of non-ortho nitro benzene ring substituents is 1. The first-order valence-electron chi connectivity index (χ1n) is 8.49. The van der Waals surface area contributed by atoms with Crippen LogP contribution >= 0.6 is 11.8 Å². The zero-order chi connectivity index (χ0) is 19.7. The molecule has 0 radical (unpaired) electrons. The van der Waals surface area contributed by atoms with Gasteiger partial charge in [0.05, 0.1) is 28.3 Å². The van der Waals surface area contributed by atoms with Gasteiger partial charge in [0, 0.05) is 24.3 Å². The number of nitro groups is 1. The van der Waals surface area contributed by atoms with E-state index in [-0.39, 0.29) is 23.3 Å². The Bertz CT molecular complexity index is 878. The molecule has 3 rings (SSSR count). The first-order valence-corrected chi connectivity index (χ1v) is 9.47. The first-order chi connectivity index (χ1) is 12.8. The molecule has 2 aliphatic heterocycles. The molecular formula is C18H19N3O5S. The van der Waals surface area contributed by atoms with Gasteiger partial charge in [-0.2, -0.15) is 0 Å². The van der Waals surface area contributed by atoms with E-state index in [1.165, 1.54) is 28.8 Å². The molecule has 0 N–H and O–H groups in total. The van der Waals surface area contributed by atoms with E-state index in [1.807, 2.05) is 0 Å². The molecule has 1 fully saturated rings. The molecule has 0 aromatic heterocycles. The number of amidine groups is 1. The van der Waals surface area contributed by atoms with E-state index >= 15 is 0 Å². The van der Waals surface area contributed by atoms with E-state index in [0.29, 0.717) is 28.6 Å². The number of aliphatic imine (C=N–C) groups is 1. The predicted molar refractivity (Wildman–Crippen MR) is 101 cm³/mol. The number of fused-ring (bicyclic) bond motifs is 1. The molecule has 0 spiro atoms.